The molecule has 0 aliphatic rings. The van der Waals surface area contributed by atoms with Crippen molar-refractivity contribution in [3.8, 4) is 17.8 Å². The van der Waals surface area contributed by atoms with Crippen LogP contribution in [0.1, 0.15) is 37.5 Å². The summed E-state index contributed by atoms with van der Waals surface area (Å²) in [7, 11) is 0. The third-order valence-electron chi connectivity index (χ3n) is 8.99. The van der Waals surface area contributed by atoms with Crippen molar-refractivity contribution in [1.29, 1.82) is 10.5 Å². The van der Waals surface area contributed by atoms with E-state index < -0.39 is 0 Å². The van der Waals surface area contributed by atoms with Crippen LogP contribution in [-0.2, 0) is 5.41 Å². The Balaban J connectivity index is 1.52. The van der Waals surface area contributed by atoms with Gasteiger partial charge in [-0.25, -0.2) is 0 Å². The number of nitrogens with zero attached hydrogens (tertiary/aromatic N) is 4. The lowest BCUT2D eigenvalue weighted by atomic mass is 9.86. The molecule has 0 atom stereocenters. The molecular weight excluding hydrogens is 576 g/mol. The first-order chi connectivity index (χ1) is 22.9. The van der Waals surface area contributed by atoms with Gasteiger partial charge in [0, 0.05) is 27.5 Å². The third kappa shape index (κ3) is 4.44. The van der Waals surface area contributed by atoms with Gasteiger partial charge < -0.3 is 13.9 Å². The number of nitriles is 2. The van der Waals surface area contributed by atoms with Gasteiger partial charge in [0.25, 0.3) is 0 Å². The van der Waals surface area contributed by atoms with E-state index in [0.29, 0.717) is 22.5 Å². The zero-order valence-electron chi connectivity index (χ0n) is 26.3. The molecule has 0 aliphatic carbocycles. The van der Waals surface area contributed by atoms with Crippen LogP contribution in [0.4, 0.5) is 17.1 Å². The van der Waals surface area contributed by atoms with Gasteiger partial charge in [0.05, 0.1) is 39.4 Å². The molecule has 0 fully saturated rings. The standard InChI is InChI=1S/C42H30N4O/c1-42(2,3)28-18-20-35-33(24-28)40-36(21-19-32-31-16-10-11-17-39(31)47-41(32)40)46(35)38-23-27(25-43)22-37(34(38)26-44)45(29-12-6-4-7-13-29)30-14-8-5-9-15-30/h4-24H,1-3H3. The lowest BCUT2D eigenvalue weighted by Gasteiger charge is -2.27. The Morgan fingerprint density at radius 3 is 1.96 bits per heavy atom. The lowest BCUT2D eigenvalue weighted by molar-refractivity contribution is 0.591. The number of furan rings is 1. The maximum atomic E-state index is 11.0. The van der Waals surface area contributed by atoms with E-state index in [0.717, 1.165) is 55.1 Å². The van der Waals surface area contributed by atoms with Crippen LogP contribution in [-0.4, -0.2) is 4.57 Å². The molecule has 0 saturated carbocycles. The summed E-state index contributed by atoms with van der Waals surface area (Å²) in [4.78, 5) is 2.05. The molecule has 0 N–H and O–H groups in total. The molecule has 8 aromatic rings. The number of anilines is 3. The Hall–Kier alpha value is -6.30. The number of rotatable bonds is 4. The zero-order valence-corrected chi connectivity index (χ0v) is 26.3. The minimum atomic E-state index is -0.0814. The third-order valence-corrected chi connectivity index (χ3v) is 8.99. The highest BCUT2D eigenvalue weighted by molar-refractivity contribution is 6.24. The summed E-state index contributed by atoms with van der Waals surface area (Å²) in [6, 6.07) is 47.3. The fourth-order valence-corrected chi connectivity index (χ4v) is 6.74. The maximum absolute atomic E-state index is 11.0. The molecule has 47 heavy (non-hydrogen) atoms. The largest absolute Gasteiger partial charge is 0.455 e. The molecule has 8 rings (SSSR count). The van der Waals surface area contributed by atoms with E-state index in [2.05, 4.69) is 73.9 Å². The topological polar surface area (TPSA) is 68.9 Å². The van der Waals surface area contributed by atoms with Crippen LogP contribution < -0.4 is 4.90 Å². The van der Waals surface area contributed by atoms with Gasteiger partial charge in [-0.15, -0.1) is 0 Å². The smallest absolute Gasteiger partial charge is 0.145 e. The highest BCUT2D eigenvalue weighted by Crippen LogP contribution is 2.44. The monoisotopic (exact) mass is 606 g/mol. The Bertz CT molecular complexity index is 2530. The van der Waals surface area contributed by atoms with Gasteiger partial charge in [0.1, 0.15) is 22.8 Å². The molecule has 5 nitrogen and oxygen atoms in total. The molecule has 6 aromatic carbocycles. The van der Waals surface area contributed by atoms with Gasteiger partial charge in [0.2, 0.25) is 0 Å². The number of hydrogen-bond donors (Lipinski definition) is 0. The second-order valence-corrected chi connectivity index (χ2v) is 12.9. The summed E-state index contributed by atoms with van der Waals surface area (Å²) >= 11 is 0. The molecule has 0 amide bonds. The van der Waals surface area contributed by atoms with Gasteiger partial charge in [-0.1, -0.05) is 81.4 Å². The molecule has 2 aromatic heterocycles. The molecule has 0 spiro atoms. The molecule has 2 heterocycles. The number of hydrogen-bond acceptors (Lipinski definition) is 4. The maximum Gasteiger partial charge on any atom is 0.145 e. The first kappa shape index (κ1) is 28.2. The first-order valence-electron chi connectivity index (χ1n) is 15.6. The van der Waals surface area contributed by atoms with Gasteiger partial charge in [0.15, 0.2) is 0 Å². The van der Waals surface area contributed by atoms with Crippen molar-refractivity contribution in [2.45, 2.75) is 26.2 Å². The molecule has 0 bridgehead atoms. The summed E-state index contributed by atoms with van der Waals surface area (Å²) in [6.45, 7) is 6.63. The van der Waals surface area contributed by atoms with E-state index in [9.17, 15) is 10.5 Å². The van der Waals surface area contributed by atoms with Crippen LogP contribution >= 0.6 is 0 Å². The quantitative estimate of drug-likeness (QED) is 0.200. The number of aromatic nitrogens is 1. The van der Waals surface area contributed by atoms with Gasteiger partial charge in [-0.3, -0.25) is 0 Å². The van der Waals surface area contributed by atoms with E-state index in [1.54, 1.807) is 0 Å². The van der Waals surface area contributed by atoms with Crippen molar-refractivity contribution < 1.29 is 4.42 Å². The molecule has 5 heteroatoms. The van der Waals surface area contributed by atoms with Crippen molar-refractivity contribution in [2.75, 3.05) is 4.90 Å². The Kier molecular flexibility index (Phi) is 6.39. The highest BCUT2D eigenvalue weighted by Gasteiger charge is 2.26. The summed E-state index contributed by atoms with van der Waals surface area (Å²) in [5.41, 5.74) is 8.55. The van der Waals surface area contributed by atoms with Crippen molar-refractivity contribution >= 4 is 60.8 Å². The summed E-state index contributed by atoms with van der Waals surface area (Å²) in [5, 5.41) is 25.5. The van der Waals surface area contributed by atoms with Crippen LogP contribution in [0, 0.1) is 22.7 Å². The zero-order chi connectivity index (χ0) is 32.3. The molecular formula is C42H30N4O. The Morgan fingerprint density at radius 1 is 0.638 bits per heavy atom. The van der Waals surface area contributed by atoms with Crippen LogP contribution in [0.3, 0.4) is 0 Å². The molecule has 0 aliphatic heterocycles. The van der Waals surface area contributed by atoms with Crippen molar-refractivity contribution in [2.24, 2.45) is 0 Å². The van der Waals surface area contributed by atoms with Gasteiger partial charge in [-0.2, -0.15) is 10.5 Å². The second kappa shape index (κ2) is 10.7. The summed E-state index contributed by atoms with van der Waals surface area (Å²) in [6.07, 6.45) is 0. The summed E-state index contributed by atoms with van der Waals surface area (Å²) in [5.74, 6) is 0. The lowest BCUT2D eigenvalue weighted by Crippen LogP contribution is -2.13. The Morgan fingerprint density at radius 2 is 1.30 bits per heavy atom. The molecule has 0 saturated heterocycles. The fourth-order valence-electron chi connectivity index (χ4n) is 6.74. The van der Waals surface area contributed by atoms with Crippen molar-refractivity contribution in [1.82, 2.24) is 4.57 Å². The Labute approximate surface area is 272 Å². The van der Waals surface area contributed by atoms with Crippen LogP contribution in [0.2, 0.25) is 0 Å². The van der Waals surface area contributed by atoms with E-state index in [-0.39, 0.29) is 5.41 Å². The van der Waals surface area contributed by atoms with Crippen LogP contribution in [0.15, 0.2) is 132 Å². The van der Waals surface area contributed by atoms with E-state index >= 15 is 0 Å². The predicted molar refractivity (Wildman–Crippen MR) is 191 cm³/mol. The van der Waals surface area contributed by atoms with Gasteiger partial charge in [-0.05, 0) is 77.7 Å². The molecule has 0 radical (unpaired) electrons. The van der Waals surface area contributed by atoms with Crippen molar-refractivity contribution in [3.63, 3.8) is 0 Å². The predicted octanol–water partition coefficient (Wildman–Crippen LogP) is 11.2. The van der Waals surface area contributed by atoms with E-state index in [1.807, 2.05) is 95.9 Å². The average molecular weight is 607 g/mol. The normalized spacial score (nSPS) is 11.7. The van der Waals surface area contributed by atoms with E-state index in [4.69, 9.17) is 4.42 Å². The number of fused-ring (bicyclic) bond motifs is 7. The average Bonchev–Trinajstić information content (AvgIpc) is 3.64. The van der Waals surface area contributed by atoms with Gasteiger partial charge >= 0.3 is 0 Å². The van der Waals surface area contributed by atoms with Crippen molar-refractivity contribution in [3.05, 3.63) is 144 Å². The molecule has 0 unspecified atom stereocenters. The number of benzene rings is 6. The highest BCUT2D eigenvalue weighted by atomic mass is 16.3. The summed E-state index contributed by atoms with van der Waals surface area (Å²) < 4.78 is 8.71. The molecule has 224 valence electrons. The van der Waals surface area contributed by atoms with E-state index in [1.165, 1.54) is 5.56 Å². The van der Waals surface area contributed by atoms with Crippen LogP contribution in [0.5, 0.6) is 0 Å². The fraction of sp³-hybridized carbons (Fsp3) is 0.0952. The van der Waals surface area contributed by atoms with Crippen LogP contribution in [0.25, 0.3) is 49.4 Å². The first-order valence-corrected chi connectivity index (χ1v) is 15.6. The SMILES string of the molecule is CC(C)(C)c1ccc2c(c1)c1c3oc4ccccc4c3ccc1n2-c1cc(C#N)cc(N(c2ccccc2)c2ccccc2)c1C#N. The minimum Gasteiger partial charge on any atom is -0.455 e. The minimum absolute atomic E-state index is 0.0814. The second-order valence-electron chi connectivity index (χ2n) is 12.9. The number of para-hydroxylation sites is 3.